The number of carbonyl (C=O) groups is 1. The van der Waals surface area contributed by atoms with Gasteiger partial charge in [0.05, 0.1) is 12.7 Å². The third-order valence-corrected chi connectivity index (χ3v) is 5.46. The van der Waals surface area contributed by atoms with Crippen LogP contribution in [-0.4, -0.2) is 29.3 Å². The Morgan fingerprint density at radius 3 is 2.52 bits per heavy atom. The van der Waals surface area contributed by atoms with Crippen molar-refractivity contribution in [3.8, 4) is 23.0 Å². The summed E-state index contributed by atoms with van der Waals surface area (Å²) in [4.78, 5) is 12.5. The average Bonchev–Trinajstić information content (AvgIpc) is 3.46. The first kappa shape index (κ1) is 16.3. The predicted molar refractivity (Wildman–Crippen MR) is 102 cm³/mol. The van der Waals surface area contributed by atoms with E-state index in [9.17, 15) is 4.79 Å². The topological polar surface area (TPSA) is 83.8 Å². The van der Waals surface area contributed by atoms with Gasteiger partial charge in [0.15, 0.2) is 23.0 Å². The monoisotopic (exact) mass is 391 g/mol. The fourth-order valence-corrected chi connectivity index (χ4v) is 4.03. The van der Waals surface area contributed by atoms with Crippen LogP contribution in [0.4, 0.5) is 5.82 Å². The van der Waals surface area contributed by atoms with E-state index in [4.69, 9.17) is 18.9 Å². The van der Waals surface area contributed by atoms with Crippen LogP contribution in [0.1, 0.15) is 29.0 Å². The lowest BCUT2D eigenvalue weighted by Gasteiger charge is -2.24. The van der Waals surface area contributed by atoms with Gasteiger partial charge < -0.3 is 24.3 Å². The number of amides is 1. The normalized spacial score (nSPS) is 18.5. The maximum atomic E-state index is 12.5. The Labute approximate surface area is 165 Å². The highest BCUT2D eigenvalue weighted by Gasteiger charge is 2.31. The highest BCUT2D eigenvalue weighted by Crippen LogP contribution is 2.41. The van der Waals surface area contributed by atoms with Crippen molar-refractivity contribution < 1.29 is 23.7 Å². The molecule has 0 saturated carbocycles. The maximum Gasteiger partial charge on any atom is 0.231 e. The molecule has 1 aromatic heterocycles. The number of anilines is 1. The summed E-state index contributed by atoms with van der Waals surface area (Å²) in [6.45, 7) is 0.978. The van der Waals surface area contributed by atoms with Gasteiger partial charge in [0.2, 0.25) is 19.5 Å². The molecule has 146 valence electrons. The highest BCUT2D eigenvalue weighted by molar-refractivity contribution is 5.94. The molecule has 0 spiro atoms. The van der Waals surface area contributed by atoms with E-state index >= 15 is 0 Å². The third-order valence-electron chi connectivity index (χ3n) is 5.46. The van der Waals surface area contributed by atoms with Gasteiger partial charge in [-0.3, -0.25) is 4.79 Å². The molecule has 6 rings (SSSR count). The van der Waals surface area contributed by atoms with Crippen molar-refractivity contribution in [1.29, 1.82) is 0 Å². The highest BCUT2D eigenvalue weighted by atomic mass is 16.7. The van der Waals surface area contributed by atoms with Crippen molar-refractivity contribution in [2.45, 2.75) is 18.9 Å². The molecule has 0 saturated heterocycles. The zero-order valence-electron chi connectivity index (χ0n) is 15.4. The molecule has 0 bridgehead atoms. The van der Waals surface area contributed by atoms with Gasteiger partial charge >= 0.3 is 0 Å². The van der Waals surface area contributed by atoms with E-state index in [1.54, 1.807) is 0 Å². The zero-order valence-corrected chi connectivity index (χ0v) is 15.4. The van der Waals surface area contributed by atoms with Gasteiger partial charge in [0.25, 0.3) is 0 Å². The minimum atomic E-state index is -0.0845. The first-order valence-electron chi connectivity index (χ1n) is 9.38. The summed E-state index contributed by atoms with van der Waals surface area (Å²) in [5.74, 6) is 3.52. The number of rotatable bonds is 3. The predicted octanol–water partition coefficient (Wildman–Crippen LogP) is 2.86. The van der Waals surface area contributed by atoms with Crippen LogP contribution in [0.2, 0.25) is 0 Å². The van der Waals surface area contributed by atoms with Crippen molar-refractivity contribution in [3.63, 3.8) is 0 Å². The molecule has 1 amide bonds. The molecule has 29 heavy (non-hydrogen) atoms. The van der Waals surface area contributed by atoms with Gasteiger partial charge in [-0.1, -0.05) is 12.1 Å². The molecule has 8 nitrogen and oxygen atoms in total. The van der Waals surface area contributed by atoms with E-state index in [1.165, 1.54) is 0 Å². The second-order valence-electron chi connectivity index (χ2n) is 7.21. The molecule has 4 heterocycles. The standard InChI is InChI=1S/C21H17N3O5/c25-20-7-14(13-2-4-17-19(6-13)29-11-27-17)15-8-22-24(21(15)23-20)9-12-1-3-16-18(5-12)28-10-26-16/h1-6,8,14H,7,9-11H2,(H,23,25)/t14-/m1/s1. The first-order chi connectivity index (χ1) is 14.2. The Morgan fingerprint density at radius 2 is 1.69 bits per heavy atom. The summed E-state index contributed by atoms with van der Waals surface area (Å²) >= 11 is 0. The molecule has 2 aromatic carbocycles. The zero-order chi connectivity index (χ0) is 19.4. The van der Waals surface area contributed by atoms with Crippen molar-refractivity contribution in [3.05, 3.63) is 59.3 Å². The lowest BCUT2D eigenvalue weighted by atomic mass is 9.87. The van der Waals surface area contributed by atoms with Crippen LogP contribution < -0.4 is 24.3 Å². The van der Waals surface area contributed by atoms with E-state index in [-0.39, 0.29) is 25.4 Å². The van der Waals surface area contributed by atoms with E-state index in [0.29, 0.717) is 18.7 Å². The van der Waals surface area contributed by atoms with Gasteiger partial charge in [-0.25, -0.2) is 4.68 Å². The first-order valence-corrected chi connectivity index (χ1v) is 9.38. The molecule has 1 N–H and O–H groups in total. The van der Waals surface area contributed by atoms with Gasteiger partial charge in [0, 0.05) is 17.9 Å². The molecule has 0 radical (unpaired) electrons. The van der Waals surface area contributed by atoms with Gasteiger partial charge in [-0.2, -0.15) is 5.10 Å². The lowest BCUT2D eigenvalue weighted by Crippen LogP contribution is -2.25. The van der Waals surface area contributed by atoms with Crippen molar-refractivity contribution >= 4 is 11.7 Å². The Bertz CT molecular complexity index is 1140. The Morgan fingerprint density at radius 1 is 0.966 bits per heavy atom. The second kappa shape index (κ2) is 6.16. The quantitative estimate of drug-likeness (QED) is 0.739. The fourth-order valence-electron chi connectivity index (χ4n) is 4.03. The Balaban J connectivity index is 1.34. The fraction of sp³-hybridized carbons (Fsp3) is 0.238. The van der Waals surface area contributed by atoms with Crippen LogP contribution in [0.15, 0.2) is 42.6 Å². The largest absolute Gasteiger partial charge is 0.454 e. The number of nitrogens with zero attached hydrogens (tertiary/aromatic N) is 2. The molecule has 3 aromatic rings. The van der Waals surface area contributed by atoms with E-state index in [2.05, 4.69) is 10.4 Å². The molecule has 0 aliphatic carbocycles. The number of fused-ring (bicyclic) bond motifs is 3. The summed E-state index contributed by atoms with van der Waals surface area (Å²) in [7, 11) is 0. The van der Waals surface area contributed by atoms with Crippen LogP contribution in [-0.2, 0) is 11.3 Å². The van der Waals surface area contributed by atoms with Crippen molar-refractivity contribution in [1.82, 2.24) is 9.78 Å². The molecule has 8 heteroatoms. The average molecular weight is 391 g/mol. The number of benzene rings is 2. The maximum absolute atomic E-state index is 12.5. The van der Waals surface area contributed by atoms with Crippen molar-refractivity contribution in [2.75, 3.05) is 18.9 Å². The third kappa shape index (κ3) is 2.67. The lowest BCUT2D eigenvalue weighted by molar-refractivity contribution is -0.116. The molecular weight excluding hydrogens is 374 g/mol. The summed E-state index contributed by atoms with van der Waals surface area (Å²) in [6, 6.07) is 11.6. The van der Waals surface area contributed by atoms with Crippen LogP contribution in [0.5, 0.6) is 23.0 Å². The minimum Gasteiger partial charge on any atom is -0.454 e. The molecular formula is C21H17N3O5. The van der Waals surface area contributed by atoms with E-state index < -0.39 is 0 Å². The van der Waals surface area contributed by atoms with Gasteiger partial charge in [0.1, 0.15) is 5.82 Å². The van der Waals surface area contributed by atoms with Gasteiger partial charge in [-0.05, 0) is 35.4 Å². The number of hydrogen-bond acceptors (Lipinski definition) is 6. The second-order valence-corrected chi connectivity index (χ2v) is 7.21. The number of nitrogens with one attached hydrogen (secondary N) is 1. The summed E-state index contributed by atoms with van der Waals surface area (Å²) < 4.78 is 23.5. The van der Waals surface area contributed by atoms with E-state index in [1.807, 2.05) is 47.3 Å². The molecule has 0 fully saturated rings. The van der Waals surface area contributed by atoms with Crippen LogP contribution in [0.25, 0.3) is 0 Å². The Hall–Kier alpha value is -3.68. The number of ether oxygens (including phenoxy) is 4. The SMILES string of the molecule is O=C1C[C@H](c2ccc3c(c2)OCO3)c2cnn(Cc3ccc4c(c3)OCO4)c2N1. The summed E-state index contributed by atoms with van der Waals surface area (Å²) in [5, 5.41) is 7.53. The number of hydrogen-bond donors (Lipinski definition) is 1. The molecule has 3 aliphatic rings. The van der Waals surface area contributed by atoms with Crippen LogP contribution >= 0.6 is 0 Å². The van der Waals surface area contributed by atoms with Gasteiger partial charge in [-0.15, -0.1) is 0 Å². The van der Waals surface area contributed by atoms with Crippen molar-refractivity contribution in [2.24, 2.45) is 0 Å². The van der Waals surface area contributed by atoms with Crippen LogP contribution in [0, 0.1) is 0 Å². The number of aromatic nitrogens is 2. The molecule has 3 aliphatic heterocycles. The minimum absolute atomic E-state index is 0.0346. The Kier molecular flexibility index (Phi) is 3.46. The van der Waals surface area contributed by atoms with Crippen LogP contribution in [0.3, 0.4) is 0 Å². The summed E-state index contributed by atoms with van der Waals surface area (Å²) in [5.41, 5.74) is 3.01. The van der Waals surface area contributed by atoms with E-state index in [0.717, 1.165) is 39.8 Å². The molecule has 1 atom stereocenters. The summed E-state index contributed by atoms with van der Waals surface area (Å²) in [6.07, 6.45) is 2.19. The number of carbonyl (C=O) groups excluding carboxylic acids is 1. The molecule has 0 unspecified atom stereocenters. The smallest absolute Gasteiger partial charge is 0.231 e.